The molecule has 0 saturated heterocycles. The van der Waals surface area contributed by atoms with Crippen LogP contribution in [0.1, 0.15) is 42.0 Å². The molecule has 0 aromatic heterocycles. The highest BCUT2D eigenvalue weighted by molar-refractivity contribution is 7.93. The number of amides is 1. The van der Waals surface area contributed by atoms with Crippen LogP contribution < -0.4 is 9.04 Å². The van der Waals surface area contributed by atoms with Crippen LogP contribution in [0, 0.1) is 20.8 Å². The number of hydrogen-bond acceptors (Lipinski definition) is 4. The molecule has 0 heterocycles. The zero-order valence-electron chi connectivity index (χ0n) is 19.1. The van der Waals surface area contributed by atoms with Crippen molar-refractivity contribution in [1.29, 1.82) is 0 Å². The van der Waals surface area contributed by atoms with Crippen LogP contribution in [0.15, 0.2) is 71.6 Å². The lowest BCUT2D eigenvalue weighted by molar-refractivity contribution is -0.119. The van der Waals surface area contributed by atoms with Gasteiger partial charge in [0, 0.05) is 0 Å². The molecular formula is C26H29NO4S. The summed E-state index contributed by atoms with van der Waals surface area (Å²) in [6.07, 6.45) is 0. The Hall–Kier alpha value is -3.12. The maximum atomic E-state index is 13.5. The minimum absolute atomic E-state index is 0.0513. The summed E-state index contributed by atoms with van der Waals surface area (Å²) >= 11 is 0. The Bertz CT molecular complexity index is 1200. The average Bonchev–Trinajstić information content (AvgIpc) is 2.74. The monoisotopic (exact) mass is 451 g/mol. The van der Waals surface area contributed by atoms with Crippen molar-refractivity contribution < 1.29 is 17.9 Å². The fourth-order valence-electron chi connectivity index (χ4n) is 3.35. The Balaban J connectivity index is 1.97. The van der Waals surface area contributed by atoms with E-state index in [0.717, 1.165) is 26.6 Å². The predicted octanol–water partition coefficient (Wildman–Crippen LogP) is 5.54. The van der Waals surface area contributed by atoms with Crippen LogP contribution >= 0.6 is 0 Å². The third-order valence-electron chi connectivity index (χ3n) is 5.20. The minimum Gasteiger partial charge on any atom is -0.483 e. The van der Waals surface area contributed by atoms with Crippen LogP contribution in [0.3, 0.4) is 0 Å². The van der Waals surface area contributed by atoms with Gasteiger partial charge in [0.25, 0.3) is 15.9 Å². The summed E-state index contributed by atoms with van der Waals surface area (Å²) in [5.74, 6) is 0.126. The van der Waals surface area contributed by atoms with Crippen molar-refractivity contribution in [2.24, 2.45) is 0 Å². The van der Waals surface area contributed by atoms with E-state index in [1.165, 1.54) is 12.1 Å². The van der Waals surface area contributed by atoms with Crippen molar-refractivity contribution in [2.45, 2.75) is 45.4 Å². The number of ether oxygens (including phenoxy) is 1. The van der Waals surface area contributed by atoms with E-state index in [0.29, 0.717) is 5.75 Å². The van der Waals surface area contributed by atoms with E-state index in [1.807, 2.05) is 52.8 Å². The largest absolute Gasteiger partial charge is 0.483 e. The van der Waals surface area contributed by atoms with Crippen LogP contribution in [0.25, 0.3) is 0 Å². The van der Waals surface area contributed by atoms with E-state index in [1.54, 1.807) is 36.4 Å². The Labute approximate surface area is 190 Å². The first-order chi connectivity index (χ1) is 15.1. The van der Waals surface area contributed by atoms with E-state index in [4.69, 9.17) is 4.74 Å². The number of sulfonamides is 1. The zero-order chi connectivity index (χ0) is 23.5. The second kappa shape index (κ2) is 9.57. The molecule has 0 radical (unpaired) electrons. The molecule has 168 valence electrons. The third kappa shape index (κ3) is 5.19. The molecule has 0 aliphatic rings. The van der Waals surface area contributed by atoms with Crippen LogP contribution in [0.4, 0.5) is 5.69 Å². The normalized spacial score (nSPS) is 11.4. The summed E-state index contributed by atoms with van der Waals surface area (Å²) in [7, 11) is -4.12. The number of carbonyl (C=O) groups is 1. The van der Waals surface area contributed by atoms with Crippen molar-refractivity contribution in [3.05, 3.63) is 89.0 Å². The van der Waals surface area contributed by atoms with Gasteiger partial charge in [-0.15, -0.1) is 0 Å². The first-order valence-electron chi connectivity index (χ1n) is 10.5. The fraction of sp³-hybridized carbons (Fsp3) is 0.269. The summed E-state index contributed by atoms with van der Waals surface area (Å²) in [5, 5.41) is 0. The lowest BCUT2D eigenvalue weighted by Crippen LogP contribution is -2.40. The van der Waals surface area contributed by atoms with Gasteiger partial charge < -0.3 is 4.74 Å². The second-order valence-corrected chi connectivity index (χ2v) is 10.1. The molecule has 6 heteroatoms. The Kier molecular flexibility index (Phi) is 7.04. The maximum absolute atomic E-state index is 13.5. The van der Waals surface area contributed by atoms with E-state index in [9.17, 15) is 13.2 Å². The first-order valence-corrected chi connectivity index (χ1v) is 12.0. The first kappa shape index (κ1) is 23.5. The minimum atomic E-state index is -4.12. The SMILES string of the molecule is Cc1ccc(N(C(=O)COc2cc(C)ccc2C(C)C)S(=O)(=O)c2ccc(C)cc2)cc1. The van der Waals surface area contributed by atoms with Gasteiger partial charge in [-0.2, -0.15) is 4.31 Å². The molecule has 3 aromatic rings. The number of hydrogen-bond donors (Lipinski definition) is 0. The molecule has 0 spiro atoms. The number of anilines is 1. The number of aryl methyl sites for hydroxylation is 3. The van der Waals surface area contributed by atoms with Gasteiger partial charge in [-0.1, -0.05) is 61.4 Å². The van der Waals surface area contributed by atoms with Gasteiger partial charge in [-0.05, 0) is 68.1 Å². The molecular weight excluding hydrogens is 422 g/mol. The van der Waals surface area contributed by atoms with Crippen molar-refractivity contribution in [3.63, 3.8) is 0 Å². The molecule has 0 saturated carbocycles. The lowest BCUT2D eigenvalue weighted by Gasteiger charge is -2.23. The summed E-state index contributed by atoms with van der Waals surface area (Å²) in [5.41, 5.74) is 4.14. The molecule has 0 fully saturated rings. The standard InChI is InChI=1S/C26H29NO4S/c1-18(2)24-15-10-21(5)16-25(24)31-17-26(28)27(22-11-6-19(3)7-12-22)32(29,30)23-13-8-20(4)9-14-23/h6-16,18H,17H2,1-5H3. The van der Waals surface area contributed by atoms with Crippen LogP contribution in [-0.2, 0) is 14.8 Å². The summed E-state index contributed by atoms with van der Waals surface area (Å²) in [6, 6.07) is 19.1. The molecule has 0 atom stereocenters. The quantitative estimate of drug-likeness (QED) is 0.473. The summed E-state index contributed by atoms with van der Waals surface area (Å²) < 4.78 is 33.6. The molecule has 0 bridgehead atoms. The molecule has 0 aliphatic heterocycles. The fourth-order valence-corrected chi connectivity index (χ4v) is 4.77. The number of nitrogens with zero attached hydrogens (tertiary/aromatic N) is 1. The van der Waals surface area contributed by atoms with Gasteiger partial charge in [0.15, 0.2) is 6.61 Å². The second-order valence-electron chi connectivity index (χ2n) is 8.30. The summed E-state index contributed by atoms with van der Waals surface area (Å²) in [4.78, 5) is 13.3. The van der Waals surface area contributed by atoms with Crippen molar-refractivity contribution in [1.82, 2.24) is 0 Å². The van der Waals surface area contributed by atoms with Crippen LogP contribution in [-0.4, -0.2) is 20.9 Å². The zero-order valence-corrected chi connectivity index (χ0v) is 19.9. The van der Waals surface area contributed by atoms with Crippen molar-refractivity contribution >= 4 is 21.6 Å². The Morgan fingerprint density at radius 2 is 1.38 bits per heavy atom. The molecule has 3 rings (SSSR count). The van der Waals surface area contributed by atoms with E-state index < -0.39 is 22.5 Å². The molecule has 0 unspecified atom stereocenters. The number of carbonyl (C=O) groups excluding carboxylic acids is 1. The topological polar surface area (TPSA) is 63.7 Å². The molecule has 5 nitrogen and oxygen atoms in total. The highest BCUT2D eigenvalue weighted by Crippen LogP contribution is 2.29. The van der Waals surface area contributed by atoms with Gasteiger partial charge in [0.05, 0.1) is 10.6 Å². The highest BCUT2D eigenvalue weighted by Gasteiger charge is 2.31. The van der Waals surface area contributed by atoms with Gasteiger partial charge in [-0.25, -0.2) is 8.42 Å². The number of rotatable bonds is 7. The van der Waals surface area contributed by atoms with Crippen molar-refractivity contribution in [2.75, 3.05) is 10.9 Å². The molecule has 3 aromatic carbocycles. The van der Waals surface area contributed by atoms with Gasteiger partial charge >= 0.3 is 0 Å². The van der Waals surface area contributed by atoms with Gasteiger partial charge in [0.2, 0.25) is 0 Å². The van der Waals surface area contributed by atoms with E-state index >= 15 is 0 Å². The third-order valence-corrected chi connectivity index (χ3v) is 6.96. The highest BCUT2D eigenvalue weighted by atomic mass is 32.2. The van der Waals surface area contributed by atoms with Gasteiger partial charge in [-0.3, -0.25) is 4.79 Å². The molecule has 0 N–H and O–H groups in total. The maximum Gasteiger partial charge on any atom is 0.278 e. The molecule has 32 heavy (non-hydrogen) atoms. The predicted molar refractivity (Wildman–Crippen MR) is 128 cm³/mol. The molecule has 1 amide bonds. The molecule has 0 aliphatic carbocycles. The Morgan fingerprint density at radius 1 is 0.844 bits per heavy atom. The smallest absolute Gasteiger partial charge is 0.278 e. The van der Waals surface area contributed by atoms with E-state index in [2.05, 4.69) is 0 Å². The van der Waals surface area contributed by atoms with Gasteiger partial charge in [0.1, 0.15) is 5.75 Å². The van der Waals surface area contributed by atoms with E-state index in [-0.39, 0.29) is 16.5 Å². The summed E-state index contributed by atoms with van der Waals surface area (Å²) in [6.45, 7) is 9.40. The van der Waals surface area contributed by atoms with Crippen LogP contribution in [0.5, 0.6) is 5.75 Å². The lowest BCUT2D eigenvalue weighted by atomic mass is 10.0. The average molecular weight is 452 g/mol. The number of benzene rings is 3. The van der Waals surface area contributed by atoms with Crippen molar-refractivity contribution in [3.8, 4) is 5.75 Å². The van der Waals surface area contributed by atoms with Crippen LogP contribution in [0.2, 0.25) is 0 Å². The Morgan fingerprint density at radius 3 is 1.94 bits per heavy atom.